The Morgan fingerprint density at radius 3 is 1.62 bits per heavy atom. The Labute approximate surface area is 379 Å². The van der Waals surface area contributed by atoms with Crippen molar-refractivity contribution in [2.45, 2.75) is 0 Å². The van der Waals surface area contributed by atoms with E-state index in [9.17, 15) is 0 Å². The smallest absolute Gasteiger partial charge is 0.434 e. The van der Waals surface area contributed by atoms with Gasteiger partial charge in [-0.25, -0.2) is 0 Å². The second-order valence-electron chi connectivity index (χ2n) is 17.1. The summed E-state index contributed by atoms with van der Waals surface area (Å²) >= 11 is 0. The fourth-order valence-electron chi connectivity index (χ4n) is 10.8. The van der Waals surface area contributed by atoms with Crippen molar-refractivity contribution in [1.82, 2.24) is 4.57 Å². The Morgan fingerprint density at radius 2 is 0.938 bits per heavy atom. The molecule has 0 atom stereocenters. The maximum absolute atomic E-state index is 7.19. The summed E-state index contributed by atoms with van der Waals surface area (Å²) in [4.78, 5) is 0. The molecule has 65 heavy (non-hydrogen) atoms. The zero-order valence-corrected chi connectivity index (χ0v) is 36.4. The Hall–Kier alpha value is -8.12. The quantitative estimate of drug-likeness (QED) is 0.118. The Bertz CT molecular complexity index is 3470. The van der Waals surface area contributed by atoms with Crippen molar-refractivity contribution in [2.24, 2.45) is 0 Å². The minimum absolute atomic E-state index is 0.327. The molecule has 11 aromatic rings. The van der Waals surface area contributed by atoms with E-state index in [-0.39, 0.29) is 6.92 Å². The number of benzene rings is 10. The SMILES string of the molecule is c1ccc([Si](c2ccccc2)(c2ccccc2)c2ccccc2-c2ccc3c(c2)Oc2cc(-c4cccc(-n5c6ccccc6c6ccccc65)c4)cc4c2B3Oc2ccccc2-4)cc1. The van der Waals surface area contributed by atoms with Crippen molar-refractivity contribution in [2.75, 3.05) is 0 Å². The number of aromatic nitrogens is 1. The van der Waals surface area contributed by atoms with Crippen LogP contribution in [0.25, 0.3) is 60.9 Å². The van der Waals surface area contributed by atoms with Gasteiger partial charge in [-0.3, -0.25) is 0 Å². The van der Waals surface area contributed by atoms with E-state index >= 15 is 0 Å². The topological polar surface area (TPSA) is 23.4 Å². The molecule has 0 spiro atoms. The lowest BCUT2D eigenvalue weighted by molar-refractivity contribution is 0.480. The van der Waals surface area contributed by atoms with Crippen molar-refractivity contribution >= 4 is 68.5 Å². The molecule has 13 rings (SSSR count). The zero-order valence-electron chi connectivity index (χ0n) is 35.4. The van der Waals surface area contributed by atoms with E-state index in [4.69, 9.17) is 9.39 Å². The van der Waals surface area contributed by atoms with E-state index in [1.807, 2.05) is 0 Å². The van der Waals surface area contributed by atoms with Crippen LogP contribution >= 0.6 is 0 Å². The summed E-state index contributed by atoms with van der Waals surface area (Å²) in [6.07, 6.45) is 0. The van der Waals surface area contributed by atoms with Crippen molar-refractivity contribution in [3.05, 3.63) is 243 Å². The minimum atomic E-state index is -2.85. The molecule has 2 aliphatic rings. The first kappa shape index (κ1) is 37.4. The molecule has 0 fully saturated rings. The van der Waals surface area contributed by atoms with Gasteiger partial charge < -0.3 is 14.0 Å². The second kappa shape index (κ2) is 15.0. The Morgan fingerprint density at radius 1 is 0.369 bits per heavy atom. The lowest BCUT2D eigenvalue weighted by atomic mass is 9.50. The maximum Gasteiger partial charge on any atom is 0.434 e. The van der Waals surface area contributed by atoms with Crippen molar-refractivity contribution < 1.29 is 9.39 Å². The van der Waals surface area contributed by atoms with Crippen LogP contribution in [-0.2, 0) is 0 Å². The fourth-order valence-corrected chi connectivity index (χ4v) is 15.8. The molecule has 304 valence electrons. The van der Waals surface area contributed by atoms with Crippen molar-refractivity contribution in [1.29, 1.82) is 0 Å². The normalized spacial score (nSPS) is 12.5. The van der Waals surface area contributed by atoms with E-state index in [1.54, 1.807) is 0 Å². The third-order valence-corrected chi connectivity index (χ3v) is 18.5. The van der Waals surface area contributed by atoms with Gasteiger partial charge in [-0.2, -0.15) is 0 Å². The monoisotopic (exact) mass is 845 g/mol. The van der Waals surface area contributed by atoms with Crippen molar-refractivity contribution in [3.8, 4) is 56.3 Å². The minimum Gasteiger partial charge on any atom is -0.551 e. The number of hydrogen-bond donors (Lipinski definition) is 0. The van der Waals surface area contributed by atoms with Crippen LogP contribution in [0.4, 0.5) is 0 Å². The molecule has 1 aromatic heterocycles. The molecular weight excluding hydrogens is 806 g/mol. The summed E-state index contributed by atoms with van der Waals surface area (Å²) in [5.41, 5.74) is 12.3. The Kier molecular flexibility index (Phi) is 8.65. The number of para-hydroxylation sites is 3. The average molecular weight is 846 g/mol. The summed E-state index contributed by atoms with van der Waals surface area (Å²) in [5, 5.41) is 7.84. The molecule has 10 aromatic carbocycles. The van der Waals surface area contributed by atoms with Gasteiger partial charge in [-0.05, 0) is 97.1 Å². The van der Waals surface area contributed by atoms with Crippen LogP contribution in [-0.4, -0.2) is 19.6 Å². The summed E-state index contributed by atoms with van der Waals surface area (Å²) in [5.74, 6) is 2.50. The van der Waals surface area contributed by atoms with Gasteiger partial charge in [0.2, 0.25) is 0 Å². The van der Waals surface area contributed by atoms with Crippen LogP contribution in [0.5, 0.6) is 17.2 Å². The molecule has 0 unspecified atom stereocenters. The first-order valence-corrected chi connectivity index (χ1v) is 24.4. The van der Waals surface area contributed by atoms with E-state index < -0.39 is 8.07 Å². The van der Waals surface area contributed by atoms with E-state index in [1.165, 1.54) is 48.1 Å². The number of rotatable bonds is 7. The maximum atomic E-state index is 7.19. The molecule has 0 saturated carbocycles. The third-order valence-electron chi connectivity index (χ3n) is 13.6. The second-order valence-corrected chi connectivity index (χ2v) is 20.9. The predicted octanol–water partition coefficient (Wildman–Crippen LogP) is 10.8. The number of ether oxygens (including phenoxy) is 1. The van der Waals surface area contributed by atoms with E-state index in [0.717, 1.165) is 61.7 Å². The third kappa shape index (κ3) is 5.83. The molecule has 0 saturated heterocycles. The summed E-state index contributed by atoms with van der Waals surface area (Å²) in [6.45, 7) is -0.327. The van der Waals surface area contributed by atoms with Gasteiger partial charge >= 0.3 is 6.92 Å². The van der Waals surface area contributed by atoms with Crippen LogP contribution in [0, 0.1) is 0 Å². The van der Waals surface area contributed by atoms with Crippen LogP contribution in [0.3, 0.4) is 0 Å². The molecule has 0 radical (unpaired) electrons. The van der Waals surface area contributed by atoms with Gasteiger partial charge in [0.05, 0.1) is 11.0 Å². The molecule has 3 heterocycles. The molecule has 0 N–H and O–H groups in total. The molecule has 3 nitrogen and oxygen atoms in total. The molecule has 0 bridgehead atoms. The van der Waals surface area contributed by atoms with Gasteiger partial charge in [0.25, 0.3) is 0 Å². The number of fused-ring (bicyclic) bond motifs is 7. The molecule has 5 heteroatoms. The van der Waals surface area contributed by atoms with Crippen LogP contribution < -0.4 is 41.1 Å². The van der Waals surface area contributed by atoms with Crippen LogP contribution in [0.1, 0.15) is 0 Å². The van der Waals surface area contributed by atoms with Crippen LogP contribution in [0.15, 0.2) is 243 Å². The van der Waals surface area contributed by atoms with E-state index in [0.29, 0.717) is 0 Å². The van der Waals surface area contributed by atoms with Crippen LogP contribution in [0.2, 0.25) is 0 Å². The zero-order chi connectivity index (χ0) is 42.9. The number of nitrogens with zero attached hydrogens (tertiary/aromatic N) is 1. The molecule has 2 aliphatic heterocycles. The highest BCUT2D eigenvalue weighted by molar-refractivity contribution is 7.20. The van der Waals surface area contributed by atoms with Gasteiger partial charge in [0.1, 0.15) is 17.2 Å². The summed E-state index contributed by atoms with van der Waals surface area (Å²) < 4.78 is 16.6. The van der Waals surface area contributed by atoms with Gasteiger partial charge in [0.15, 0.2) is 8.07 Å². The van der Waals surface area contributed by atoms with Crippen molar-refractivity contribution in [3.63, 3.8) is 0 Å². The van der Waals surface area contributed by atoms with E-state index in [2.05, 4.69) is 247 Å². The summed E-state index contributed by atoms with van der Waals surface area (Å²) in [7, 11) is -2.85. The first-order chi connectivity index (χ1) is 32.2. The largest absolute Gasteiger partial charge is 0.551 e. The molecule has 0 amide bonds. The highest BCUT2D eigenvalue weighted by atomic mass is 28.3. The lowest BCUT2D eigenvalue weighted by Crippen LogP contribution is -2.75. The average Bonchev–Trinajstić information content (AvgIpc) is 3.72. The highest BCUT2D eigenvalue weighted by Gasteiger charge is 2.44. The summed E-state index contributed by atoms with van der Waals surface area (Å²) in [6, 6.07) is 88.4. The first-order valence-electron chi connectivity index (χ1n) is 22.4. The molecular formula is C60H40BNO2Si. The lowest BCUT2D eigenvalue weighted by Gasteiger charge is -2.36. The standard InChI is InChI=1S/C60H40BNO2Si/c1-4-21-45(22-5-1)65(46-23-6-2-7-24-46,47-25-8-3-9-26-47)59-34-17-13-27-48(59)42-35-36-53-57(39-42)63-58-40-43(38-52-51-30-12-16-33-56(51)64-61(53)60(52)58)41-19-18-20-44(37-41)62-54-31-14-10-28-49(54)50-29-11-15-32-55(50)62/h1-40H. The van der Waals surface area contributed by atoms with Gasteiger partial charge in [-0.15, -0.1) is 0 Å². The molecule has 0 aliphatic carbocycles. The Balaban J connectivity index is 0.977. The predicted molar refractivity (Wildman–Crippen MR) is 273 cm³/mol. The van der Waals surface area contributed by atoms with Gasteiger partial charge in [0, 0.05) is 32.9 Å². The van der Waals surface area contributed by atoms with Gasteiger partial charge in [-0.1, -0.05) is 194 Å². The highest BCUT2D eigenvalue weighted by Crippen LogP contribution is 2.43. The fraction of sp³-hybridized carbons (Fsp3) is 0. The number of hydrogen-bond acceptors (Lipinski definition) is 2.